The van der Waals surface area contributed by atoms with Gasteiger partial charge in [-0.25, -0.2) is 9.78 Å². The standard InChI is InChI=1S/C16H30N4O2/c1-15(2,3)20(14(21)22-16(4,5)6)12-11-17-8-7-13-18-9-10-19-13/h9-10,17H,7-8,11-12H2,1-6H3,(H,18,19). The molecule has 0 spiro atoms. The lowest BCUT2D eigenvalue weighted by molar-refractivity contribution is 0.00666. The highest BCUT2D eigenvalue weighted by molar-refractivity contribution is 5.69. The third-order valence-electron chi connectivity index (χ3n) is 3.03. The number of nitrogens with zero attached hydrogens (tertiary/aromatic N) is 2. The van der Waals surface area contributed by atoms with Gasteiger partial charge in [-0.15, -0.1) is 0 Å². The molecule has 22 heavy (non-hydrogen) atoms. The second-order valence-electron chi connectivity index (χ2n) is 7.34. The molecule has 0 aliphatic heterocycles. The molecule has 6 heteroatoms. The summed E-state index contributed by atoms with van der Waals surface area (Å²) < 4.78 is 5.49. The van der Waals surface area contributed by atoms with E-state index < -0.39 is 5.60 Å². The molecule has 0 radical (unpaired) electrons. The highest BCUT2D eigenvalue weighted by Gasteiger charge is 2.30. The Balaban J connectivity index is 2.40. The first kappa shape index (κ1) is 18.5. The Morgan fingerprint density at radius 3 is 2.45 bits per heavy atom. The van der Waals surface area contributed by atoms with Crippen LogP contribution in [-0.4, -0.2) is 51.7 Å². The Morgan fingerprint density at radius 2 is 1.95 bits per heavy atom. The first-order valence-corrected chi connectivity index (χ1v) is 7.79. The van der Waals surface area contributed by atoms with Crippen LogP contribution in [0.1, 0.15) is 47.4 Å². The van der Waals surface area contributed by atoms with Crippen molar-refractivity contribution in [3.05, 3.63) is 18.2 Å². The first-order chi connectivity index (χ1) is 10.1. The zero-order valence-electron chi connectivity index (χ0n) is 14.7. The normalized spacial score (nSPS) is 12.3. The van der Waals surface area contributed by atoms with E-state index in [1.165, 1.54) is 0 Å². The van der Waals surface area contributed by atoms with Gasteiger partial charge in [-0.05, 0) is 41.5 Å². The van der Waals surface area contributed by atoms with Crippen molar-refractivity contribution in [1.82, 2.24) is 20.2 Å². The van der Waals surface area contributed by atoms with Gasteiger partial charge in [0.25, 0.3) is 0 Å². The summed E-state index contributed by atoms with van der Waals surface area (Å²) in [5.74, 6) is 0.965. The molecule has 126 valence electrons. The summed E-state index contributed by atoms with van der Waals surface area (Å²) in [6, 6.07) is 0. The van der Waals surface area contributed by atoms with Crippen molar-refractivity contribution in [1.29, 1.82) is 0 Å². The lowest BCUT2D eigenvalue weighted by Gasteiger charge is -2.36. The van der Waals surface area contributed by atoms with E-state index in [9.17, 15) is 4.79 Å². The number of nitrogens with one attached hydrogen (secondary N) is 2. The monoisotopic (exact) mass is 310 g/mol. The summed E-state index contributed by atoms with van der Waals surface area (Å²) in [5, 5.41) is 3.33. The van der Waals surface area contributed by atoms with Crippen molar-refractivity contribution in [2.75, 3.05) is 19.6 Å². The van der Waals surface area contributed by atoms with Crippen LogP contribution in [0.25, 0.3) is 0 Å². The molecule has 1 rings (SSSR count). The highest BCUT2D eigenvalue weighted by Crippen LogP contribution is 2.17. The smallest absolute Gasteiger partial charge is 0.410 e. The average molecular weight is 310 g/mol. The summed E-state index contributed by atoms with van der Waals surface area (Å²) in [5.41, 5.74) is -0.752. The zero-order chi connectivity index (χ0) is 16.8. The molecule has 0 aliphatic rings. The lowest BCUT2D eigenvalue weighted by Crippen LogP contribution is -2.50. The van der Waals surface area contributed by atoms with Gasteiger partial charge < -0.3 is 19.9 Å². The number of amides is 1. The number of hydrogen-bond donors (Lipinski definition) is 2. The van der Waals surface area contributed by atoms with Crippen LogP contribution in [0, 0.1) is 0 Å². The summed E-state index contributed by atoms with van der Waals surface area (Å²) in [4.78, 5) is 21.3. The SMILES string of the molecule is CC(C)(C)OC(=O)N(CCNCCc1ncc[nH]1)C(C)(C)C. The predicted octanol–water partition coefficient (Wildman–Crippen LogP) is 2.58. The van der Waals surface area contributed by atoms with E-state index in [0.717, 1.165) is 25.3 Å². The van der Waals surface area contributed by atoms with E-state index in [1.54, 1.807) is 11.1 Å². The van der Waals surface area contributed by atoms with E-state index in [-0.39, 0.29) is 11.6 Å². The largest absolute Gasteiger partial charge is 0.444 e. The maximum Gasteiger partial charge on any atom is 0.410 e. The van der Waals surface area contributed by atoms with Crippen molar-refractivity contribution < 1.29 is 9.53 Å². The van der Waals surface area contributed by atoms with E-state index >= 15 is 0 Å². The van der Waals surface area contributed by atoms with Crippen molar-refractivity contribution in [2.24, 2.45) is 0 Å². The lowest BCUT2D eigenvalue weighted by atomic mass is 10.1. The van der Waals surface area contributed by atoms with Gasteiger partial charge in [0, 0.05) is 44.0 Å². The van der Waals surface area contributed by atoms with Crippen LogP contribution in [0.4, 0.5) is 4.79 Å². The maximum absolute atomic E-state index is 12.3. The fourth-order valence-electron chi connectivity index (χ4n) is 1.97. The number of carbonyl (C=O) groups is 1. The molecule has 6 nitrogen and oxygen atoms in total. The highest BCUT2D eigenvalue weighted by atomic mass is 16.6. The number of imidazole rings is 1. The number of H-pyrrole nitrogens is 1. The van der Waals surface area contributed by atoms with Gasteiger partial charge in [0.2, 0.25) is 0 Å². The molecular weight excluding hydrogens is 280 g/mol. The molecule has 0 unspecified atom stereocenters. The molecular formula is C16H30N4O2. The Labute approximate surface area is 133 Å². The molecule has 2 N–H and O–H groups in total. The fraction of sp³-hybridized carbons (Fsp3) is 0.750. The van der Waals surface area contributed by atoms with Crippen LogP contribution in [0.3, 0.4) is 0 Å². The minimum Gasteiger partial charge on any atom is -0.444 e. The van der Waals surface area contributed by atoms with Crippen LogP contribution in [-0.2, 0) is 11.2 Å². The molecule has 0 atom stereocenters. The Morgan fingerprint density at radius 1 is 1.27 bits per heavy atom. The Hall–Kier alpha value is -1.56. The molecule has 0 fully saturated rings. The molecule has 1 amide bonds. The number of hydrogen-bond acceptors (Lipinski definition) is 4. The van der Waals surface area contributed by atoms with Crippen LogP contribution in [0.2, 0.25) is 0 Å². The summed E-state index contributed by atoms with van der Waals surface area (Å²) in [7, 11) is 0. The molecule has 0 bridgehead atoms. The molecule has 1 aromatic rings. The number of aromatic nitrogens is 2. The topological polar surface area (TPSA) is 70.2 Å². The fourth-order valence-corrected chi connectivity index (χ4v) is 1.97. The van der Waals surface area contributed by atoms with Crippen molar-refractivity contribution >= 4 is 6.09 Å². The summed E-state index contributed by atoms with van der Waals surface area (Å²) in [6.45, 7) is 13.8. The number of rotatable bonds is 6. The molecule has 0 aromatic carbocycles. The quantitative estimate of drug-likeness (QED) is 0.792. The molecule has 0 saturated carbocycles. The van der Waals surface area contributed by atoms with E-state index in [2.05, 4.69) is 15.3 Å². The van der Waals surface area contributed by atoms with Crippen LogP contribution < -0.4 is 5.32 Å². The van der Waals surface area contributed by atoms with Gasteiger partial charge in [-0.3, -0.25) is 0 Å². The van der Waals surface area contributed by atoms with Crippen LogP contribution in [0.5, 0.6) is 0 Å². The van der Waals surface area contributed by atoms with Gasteiger partial charge in [0.1, 0.15) is 11.4 Å². The van der Waals surface area contributed by atoms with Crippen molar-refractivity contribution in [3.8, 4) is 0 Å². The second kappa shape index (κ2) is 7.63. The average Bonchev–Trinajstić information content (AvgIpc) is 2.82. The predicted molar refractivity (Wildman–Crippen MR) is 87.9 cm³/mol. The zero-order valence-corrected chi connectivity index (χ0v) is 14.7. The third-order valence-corrected chi connectivity index (χ3v) is 3.03. The molecule has 1 aromatic heterocycles. The van der Waals surface area contributed by atoms with Gasteiger partial charge in [0.05, 0.1) is 0 Å². The number of ether oxygens (including phenoxy) is 1. The summed E-state index contributed by atoms with van der Waals surface area (Å²) in [6.07, 6.45) is 4.14. The Bertz CT molecular complexity index is 444. The Kier molecular flexibility index (Phi) is 6.41. The minimum absolute atomic E-state index is 0.271. The number of aromatic amines is 1. The molecule has 1 heterocycles. The van der Waals surface area contributed by atoms with Gasteiger partial charge >= 0.3 is 6.09 Å². The third kappa shape index (κ3) is 6.93. The first-order valence-electron chi connectivity index (χ1n) is 7.79. The molecule has 0 aliphatic carbocycles. The number of carbonyl (C=O) groups excluding carboxylic acids is 1. The minimum atomic E-state index is -0.479. The maximum atomic E-state index is 12.3. The van der Waals surface area contributed by atoms with Gasteiger partial charge in [0.15, 0.2) is 0 Å². The van der Waals surface area contributed by atoms with Crippen molar-refractivity contribution in [3.63, 3.8) is 0 Å². The van der Waals surface area contributed by atoms with E-state index in [0.29, 0.717) is 6.54 Å². The second-order valence-corrected chi connectivity index (χ2v) is 7.34. The molecule has 0 saturated heterocycles. The van der Waals surface area contributed by atoms with Crippen molar-refractivity contribution in [2.45, 2.75) is 59.1 Å². The van der Waals surface area contributed by atoms with Crippen LogP contribution in [0.15, 0.2) is 12.4 Å². The van der Waals surface area contributed by atoms with Crippen LogP contribution >= 0.6 is 0 Å². The van der Waals surface area contributed by atoms with Gasteiger partial charge in [-0.2, -0.15) is 0 Å². The van der Waals surface area contributed by atoms with Gasteiger partial charge in [-0.1, -0.05) is 0 Å². The summed E-state index contributed by atoms with van der Waals surface area (Å²) >= 11 is 0. The van der Waals surface area contributed by atoms with E-state index in [1.807, 2.05) is 47.7 Å². The van der Waals surface area contributed by atoms with E-state index in [4.69, 9.17) is 4.74 Å².